The summed E-state index contributed by atoms with van der Waals surface area (Å²) in [6, 6.07) is 24.3. The first-order chi connectivity index (χ1) is 10.6. The Kier molecular flexibility index (Phi) is 4.41. The van der Waals surface area contributed by atoms with E-state index in [4.69, 9.17) is 0 Å². The lowest BCUT2D eigenvalue weighted by molar-refractivity contribution is 1.19. The van der Waals surface area contributed by atoms with E-state index in [2.05, 4.69) is 89.8 Å². The number of hydrogen-bond acceptors (Lipinski definition) is 0. The molecule has 1 unspecified atom stereocenters. The minimum Gasteiger partial charge on any atom is -0.105 e. The Morgan fingerprint density at radius 3 is 1.82 bits per heavy atom. The van der Waals surface area contributed by atoms with E-state index in [1.807, 2.05) is 0 Å². The molecule has 0 aliphatic carbocycles. The van der Waals surface area contributed by atoms with Gasteiger partial charge in [-0.25, -0.2) is 0 Å². The minimum absolute atomic E-state index is 0.982. The lowest BCUT2D eigenvalue weighted by atomic mass is 9.99. The summed E-state index contributed by atoms with van der Waals surface area (Å²) in [6.45, 7) is 4.26. The van der Waals surface area contributed by atoms with Crippen molar-refractivity contribution in [2.75, 3.05) is 0 Å². The quantitative estimate of drug-likeness (QED) is 0.593. The molecule has 22 heavy (non-hydrogen) atoms. The van der Waals surface area contributed by atoms with E-state index in [9.17, 15) is 0 Å². The molecule has 3 rings (SSSR count). The van der Waals surface area contributed by atoms with Crippen molar-refractivity contribution in [1.29, 1.82) is 0 Å². The number of hydrogen-bond donors (Lipinski definition) is 0. The molecule has 1 heteroatoms. The minimum atomic E-state index is 0.982. The van der Waals surface area contributed by atoms with Crippen molar-refractivity contribution in [3.05, 3.63) is 89.0 Å². The van der Waals surface area contributed by atoms with Crippen LogP contribution in [0.25, 0.3) is 11.1 Å². The third-order valence-electron chi connectivity index (χ3n) is 4.09. The van der Waals surface area contributed by atoms with Gasteiger partial charge in [-0.3, -0.25) is 0 Å². The molecule has 3 aromatic carbocycles. The standard InChI is InChI=1S/C21H21P/c1-15-3-9-19(10-4-15)20-11-7-17(8-12-20)13-18-6-5-16(2)21(22)14-18/h3-12,14H,13,22H2,1-2H3. The van der Waals surface area contributed by atoms with Crippen molar-refractivity contribution < 1.29 is 0 Å². The Morgan fingerprint density at radius 1 is 0.682 bits per heavy atom. The summed E-state index contributed by atoms with van der Waals surface area (Å²) in [4.78, 5) is 0. The predicted octanol–water partition coefficient (Wildman–Crippen LogP) is 5.06. The largest absolute Gasteiger partial charge is 0.105 e. The highest BCUT2D eigenvalue weighted by molar-refractivity contribution is 7.27. The highest BCUT2D eigenvalue weighted by atomic mass is 31.0. The molecule has 0 nitrogen and oxygen atoms in total. The van der Waals surface area contributed by atoms with Crippen molar-refractivity contribution in [3.8, 4) is 11.1 Å². The van der Waals surface area contributed by atoms with Gasteiger partial charge in [0.25, 0.3) is 0 Å². The van der Waals surface area contributed by atoms with E-state index < -0.39 is 0 Å². The van der Waals surface area contributed by atoms with Gasteiger partial charge in [-0.15, -0.1) is 9.24 Å². The van der Waals surface area contributed by atoms with Gasteiger partial charge in [0.15, 0.2) is 0 Å². The summed E-state index contributed by atoms with van der Waals surface area (Å²) < 4.78 is 0. The maximum absolute atomic E-state index is 2.81. The van der Waals surface area contributed by atoms with E-state index in [0.717, 1.165) is 6.42 Å². The first kappa shape index (κ1) is 15.0. The molecular weight excluding hydrogens is 283 g/mol. The SMILES string of the molecule is Cc1ccc(-c2ccc(Cc3ccc(C)c(P)c3)cc2)cc1. The van der Waals surface area contributed by atoms with Crippen LogP contribution in [-0.4, -0.2) is 0 Å². The van der Waals surface area contributed by atoms with E-state index in [-0.39, 0.29) is 0 Å². The van der Waals surface area contributed by atoms with Gasteiger partial charge in [0.1, 0.15) is 0 Å². The van der Waals surface area contributed by atoms with Gasteiger partial charge < -0.3 is 0 Å². The summed E-state index contributed by atoms with van der Waals surface area (Å²) in [7, 11) is 2.81. The Hall–Kier alpha value is -1.91. The average molecular weight is 304 g/mol. The molecule has 0 saturated carbocycles. The van der Waals surface area contributed by atoms with Crippen molar-refractivity contribution >= 4 is 14.5 Å². The molecule has 110 valence electrons. The van der Waals surface area contributed by atoms with E-state index in [0.29, 0.717) is 0 Å². The first-order valence-corrected chi connectivity index (χ1v) is 8.20. The molecule has 0 spiro atoms. The number of benzene rings is 3. The fraction of sp³-hybridized carbons (Fsp3) is 0.143. The summed E-state index contributed by atoms with van der Waals surface area (Å²) >= 11 is 0. The fourth-order valence-corrected chi connectivity index (χ4v) is 2.91. The molecule has 0 aliphatic heterocycles. The van der Waals surface area contributed by atoms with Crippen LogP contribution in [0.2, 0.25) is 0 Å². The maximum Gasteiger partial charge on any atom is -0.00255 e. The Bertz CT molecular complexity index is 768. The molecule has 0 fully saturated rings. The van der Waals surface area contributed by atoms with Gasteiger partial charge in [-0.05, 0) is 53.4 Å². The summed E-state index contributed by atoms with van der Waals surface area (Å²) in [5.74, 6) is 0. The third-order valence-corrected chi connectivity index (χ3v) is 4.71. The van der Waals surface area contributed by atoms with Gasteiger partial charge in [0.2, 0.25) is 0 Å². The molecular formula is C21H21P. The van der Waals surface area contributed by atoms with Crippen LogP contribution in [0.1, 0.15) is 22.3 Å². The first-order valence-electron chi connectivity index (χ1n) is 7.63. The fourth-order valence-electron chi connectivity index (χ4n) is 2.60. The molecule has 0 N–H and O–H groups in total. The molecule has 0 radical (unpaired) electrons. The highest BCUT2D eigenvalue weighted by Gasteiger charge is 2.01. The van der Waals surface area contributed by atoms with Crippen LogP contribution < -0.4 is 5.30 Å². The lowest BCUT2D eigenvalue weighted by Crippen LogP contribution is -1.99. The van der Waals surface area contributed by atoms with Crippen molar-refractivity contribution in [2.24, 2.45) is 0 Å². The lowest BCUT2D eigenvalue weighted by Gasteiger charge is -2.07. The second-order valence-electron chi connectivity index (χ2n) is 5.93. The molecule has 0 saturated heterocycles. The number of aryl methyl sites for hydroxylation is 2. The molecule has 0 aromatic heterocycles. The normalized spacial score (nSPS) is 10.7. The topological polar surface area (TPSA) is 0 Å². The molecule has 0 bridgehead atoms. The van der Waals surface area contributed by atoms with Crippen LogP contribution >= 0.6 is 9.24 Å². The van der Waals surface area contributed by atoms with Gasteiger partial charge in [-0.1, -0.05) is 72.3 Å². The molecule has 3 aromatic rings. The van der Waals surface area contributed by atoms with Crippen LogP contribution in [0.5, 0.6) is 0 Å². The van der Waals surface area contributed by atoms with Crippen molar-refractivity contribution in [2.45, 2.75) is 20.3 Å². The molecule has 0 amide bonds. The summed E-state index contributed by atoms with van der Waals surface area (Å²) in [5, 5.41) is 1.29. The average Bonchev–Trinajstić information content (AvgIpc) is 2.53. The third kappa shape index (κ3) is 3.46. The van der Waals surface area contributed by atoms with E-state index in [1.165, 1.54) is 38.7 Å². The number of rotatable bonds is 3. The zero-order valence-electron chi connectivity index (χ0n) is 13.1. The smallest absolute Gasteiger partial charge is 0.00255 e. The Labute approximate surface area is 135 Å². The predicted molar refractivity (Wildman–Crippen MR) is 99.9 cm³/mol. The van der Waals surface area contributed by atoms with Gasteiger partial charge in [0, 0.05) is 0 Å². The van der Waals surface area contributed by atoms with Gasteiger partial charge >= 0.3 is 0 Å². The second-order valence-corrected chi connectivity index (χ2v) is 6.55. The van der Waals surface area contributed by atoms with Crippen LogP contribution in [0, 0.1) is 13.8 Å². The maximum atomic E-state index is 2.81. The summed E-state index contributed by atoms with van der Waals surface area (Å²) in [5.41, 5.74) is 7.89. The van der Waals surface area contributed by atoms with Gasteiger partial charge in [0.05, 0.1) is 0 Å². The van der Waals surface area contributed by atoms with Gasteiger partial charge in [-0.2, -0.15) is 0 Å². The zero-order valence-corrected chi connectivity index (χ0v) is 14.3. The highest BCUT2D eigenvalue weighted by Crippen LogP contribution is 2.21. The monoisotopic (exact) mass is 304 g/mol. The molecule has 1 atom stereocenters. The van der Waals surface area contributed by atoms with Crippen molar-refractivity contribution in [3.63, 3.8) is 0 Å². The van der Waals surface area contributed by atoms with Crippen LogP contribution in [0.4, 0.5) is 0 Å². The second kappa shape index (κ2) is 6.46. The van der Waals surface area contributed by atoms with Crippen LogP contribution in [0.15, 0.2) is 66.7 Å². The van der Waals surface area contributed by atoms with Crippen molar-refractivity contribution in [1.82, 2.24) is 0 Å². The van der Waals surface area contributed by atoms with Crippen LogP contribution in [-0.2, 0) is 6.42 Å². The molecule has 0 heterocycles. The summed E-state index contributed by atoms with van der Waals surface area (Å²) in [6.07, 6.45) is 0.982. The Balaban J connectivity index is 1.79. The Morgan fingerprint density at radius 2 is 1.23 bits per heavy atom. The van der Waals surface area contributed by atoms with E-state index in [1.54, 1.807) is 0 Å². The van der Waals surface area contributed by atoms with Crippen LogP contribution in [0.3, 0.4) is 0 Å². The molecule has 0 aliphatic rings. The van der Waals surface area contributed by atoms with E-state index >= 15 is 0 Å². The zero-order chi connectivity index (χ0) is 15.5.